The van der Waals surface area contributed by atoms with Gasteiger partial charge in [-0.2, -0.15) is 0 Å². The van der Waals surface area contributed by atoms with Gasteiger partial charge in [-0.15, -0.1) is 11.3 Å². The lowest BCUT2D eigenvalue weighted by Gasteiger charge is -2.22. The molecule has 1 aliphatic carbocycles. The largest absolute Gasteiger partial charge is 0.370 e. The van der Waals surface area contributed by atoms with E-state index in [1.807, 2.05) is 6.20 Å². The van der Waals surface area contributed by atoms with Crippen LogP contribution in [0.2, 0.25) is 0 Å². The maximum atomic E-state index is 13.0. The predicted molar refractivity (Wildman–Crippen MR) is 96.6 cm³/mol. The molecule has 3 aromatic rings. The summed E-state index contributed by atoms with van der Waals surface area (Å²) in [5.74, 6) is 0. The van der Waals surface area contributed by atoms with E-state index in [-0.39, 0.29) is 5.56 Å². The minimum atomic E-state index is 0.133. The minimum Gasteiger partial charge on any atom is -0.370 e. The first-order chi connectivity index (χ1) is 11.8. The molecule has 0 radical (unpaired) electrons. The van der Waals surface area contributed by atoms with Crippen LogP contribution >= 0.6 is 22.7 Å². The van der Waals surface area contributed by atoms with E-state index in [1.54, 1.807) is 27.1 Å². The van der Waals surface area contributed by atoms with Crippen LogP contribution in [0.1, 0.15) is 28.2 Å². The second-order valence-electron chi connectivity index (χ2n) is 6.70. The standard InChI is InChI=1S/C17H19N3O2S2/c21-16-14-12-3-1-2-4-13(12)24-15(14)18-17-20(16)10-11(23-17)9-19-5-7-22-8-6-19/h10H,1-9H2/p+1. The average molecular weight is 363 g/mol. The molecule has 1 saturated heterocycles. The Kier molecular flexibility index (Phi) is 3.70. The maximum absolute atomic E-state index is 13.0. The number of quaternary nitrogens is 1. The Morgan fingerprint density at radius 2 is 2.04 bits per heavy atom. The molecular formula is C17H20N3O2S2+. The SMILES string of the molecule is O=c1c2c3c(sc2nc2sc(C[NH+]4CCOCC4)cn12)CCCC3. The fourth-order valence-electron chi connectivity index (χ4n) is 3.84. The fourth-order valence-corrected chi connectivity index (χ4v) is 6.19. The van der Waals surface area contributed by atoms with E-state index >= 15 is 0 Å². The van der Waals surface area contributed by atoms with Gasteiger partial charge in [-0.05, 0) is 31.2 Å². The number of aromatic nitrogens is 2. The van der Waals surface area contributed by atoms with Crippen molar-refractivity contribution < 1.29 is 9.64 Å². The van der Waals surface area contributed by atoms with Crippen LogP contribution in [-0.2, 0) is 24.1 Å². The number of nitrogens with zero attached hydrogens (tertiary/aromatic N) is 2. The Balaban J connectivity index is 1.59. The zero-order chi connectivity index (χ0) is 16.1. The first-order valence-corrected chi connectivity index (χ1v) is 10.3. The third-order valence-corrected chi connectivity index (χ3v) is 7.28. The summed E-state index contributed by atoms with van der Waals surface area (Å²) in [6.45, 7) is 4.71. The lowest BCUT2D eigenvalue weighted by atomic mass is 9.97. The molecule has 5 rings (SSSR count). The van der Waals surface area contributed by atoms with Crippen molar-refractivity contribution in [2.75, 3.05) is 26.3 Å². The van der Waals surface area contributed by atoms with E-state index in [4.69, 9.17) is 9.72 Å². The van der Waals surface area contributed by atoms with E-state index in [1.165, 1.54) is 33.1 Å². The fraction of sp³-hybridized carbons (Fsp3) is 0.529. The number of nitrogens with one attached hydrogen (secondary N) is 1. The van der Waals surface area contributed by atoms with Gasteiger partial charge >= 0.3 is 0 Å². The first-order valence-electron chi connectivity index (χ1n) is 8.66. The van der Waals surface area contributed by atoms with Crippen molar-refractivity contribution in [3.05, 3.63) is 31.9 Å². The molecule has 0 amide bonds. The Morgan fingerprint density at radius 1 is 1.21 bits per heavy atom. The summed E-state index contributed by atoms with van der Waals surface area (Å²) in [4.78, 5) is 23.8. The molecule has 0 aromatic carbocycles. The van der Waals surface area contributed by atoms with Crippen molar-refractivity contribution >= 4 is 37.9 Å². The monoisotopic (exact) mass is 362 g/mol. The van der Waals surface area contributed by atoms with Crippen LogP contribution in [-0.4, -0.2) is 35.7 Å². The first kappa shape index (κ1) is 15.0. The van der Waals surface area contributed by atoms with Crippen molar-refractivity contribution in [2.45, 2.75) is 32.2 Å². The summed E-state index contributed by atoms with van der Waals surface area (Å²) in [5, 5.41) is 0.885. The number of hydrogen-bond acceptors (Lipinski definition) is 5. The molecule has 0 saturated carbocycles. The highest BCUT2D eigenvalue weighted by Gasteiger charge is 2.22. The summed E-state index contributed by atoms with van der Waals surface area (Å²) in [6.07, 6.45) is 6.59. The summed E-state index contributed by atoms with van der Waals surface area (Å²) >= 11 is 3.40. The molecule has 0 atom stereocenters. The van der Waals surface area contributed by atoms with Gasteiger partial charge in [0.05, 0.1) is 23.5 Å². The number of morpholine rings is 1. The molecule has 24 heavy (non-hydrogen) atoms. The van der Waals surface area contributed by atoms with Crippen LogP contribution in [0.15, 0.2) is 11.0 Å². The molecule has 126 valence electrons. The van der Waals surface area contributed by atoms with E-state index in [2.05, 4.69) is 0 Å². The Labute approximate surface area is 147 Å². The number of thiophene rings is 1. The highest BCUT2D eigenvalue weighted by molar-refractivity contribution is 7.19. The smallest absolute Gasteiger partial charge is 0.267 e. The van der Waals surface area contributed by atoms with Crippen LogP contribution in [0.25, 0.3) is 15.2 Å². The molecule has 1 fully saturated rings. The third kappa shape index (κ3) is 2.42. The van der Waals surface area contributed by atoms with Crippen LogP contribution in [0, 0.1) is 0 Å². The topological polar surface area (TPSA) is 48.0 Å². The highest BCUT2D eigenvalue weighted by Crippen LogP contribution is 2.34. The number of thiazole rings is 1. The normalized spacial score (nSPS) is 19.2. The minimum absolute atomic E-state index is 0.133. The number of rotatable bonds is 2. The van der Waals surface area contributed by atoms with E-state index in [0.717, 1.165) is 60.9 Å². The second-order valence-corrected chi connectivity index (χ2v) is 8.87. The van der Waals surface area contributed by atoms with Gasteiger partial charge < -0.3 is 9.64 Å². The van der Waals surface area contributed by atoms with Gasteiger partial charge in [-0.1, -0.05) is 11.3 Å². The quantitative estimate of drug-likeness (QED) is 0.747. The van der Waals surface area contributed by atoms with Gasteiger partial charge in [0.2, 0.25) is 0 Å². The molecule has 0 bridgehead atoms. The Morgan fingerprint density at radius 3 is 2.92 bits per heavy atom. The molecule has 4 heterocycles. The molecule has 2 aliphatic rings. The highest BCUT2D eigenvalue weighted by atomic mass is 32.1. The molecule has 5 nitrogen and oxygen atoms in total. The summed E-state index contributed by atoms with van der Waals surface area (Å²) < 4.78 is 7.21. The molecule has 0 unspecified atom stereocenters. The number of ether oxygens (including phenoxy) is 1. The van der Waals surface area contributed by atoms with Crippen molar-refractivity contribution in [3.63, 3.8) is 0 Å². The maximum Gasteiger partial charge on any atom is 0.267 e. The molecule has 7 heteroatoms. The number of aryl methyl sites for hydroxylation is 2. The second kappa shape index (κ2) is 5.91. The molecule has 1 N–H and O–H groups in total. The van der Waals surface area contributed by atoms with Crippen LogP contribution in [0.5, 0.6) is 0 Å². The van der Waals surface area contributed by atoms with Gasteiger partial charge in [-0.3, -0.25) is 9.20 Å². The van der Waals surface area contributed by atoms with E-state index in [9.17, 15) is 4.79 Å². The lowest BCUT2D eigenvalue weighted by Crippen LogP contribution is -3.12. The average Bonchev–Trinajstić information content (AvgIpc) is 3.17. The van der Waals surface area contributed by atoms with Gasteiger partial charge in [0.1, 0.15) is 24.5 Å². The third-order valence-electron chi connectivity index (χ3n) is 5.11. The van der Waals surface area contributed by atoms with Crippen molar-refractivity contribution in [3.8, 4) is 0 Å². The van der Waals surface area contributed by atoms with Gasteiger partial charge in [0.15, 0.2) is 4.96 Å². The number of hydrogen-bond donors (Lipinski definition) is 1. The molecule has 1 aliphatic heterocycles. The molecule has 3 aromatic heterocycles. The van der Waals surface area contributed by atoms with Crippen molar-refractivity contribution in [1.82, 2.24) is 9.38 Å². The van der Waals surface area contributed by atoms with Gasteiger partial charge in [0, 0.05) is 11.1 Å². The van der Waals surface area contributed by atoms with Gasteiger partial charge in [-0.25, -0.2) is 4.98 Å². The predicted octanol–water partition coefficient (Wildman–Crippen LogP) is 1.26. The van der Waals surface area contributed by atoms with Crippen molar-refractivity contribution in [1.29, 1.82) is 0 Å². The number of fused-ring (bicyclic) bond motifs is 4. The molecule has 0 spiro atoms. The Hall–Kier alpha value is -1.28. The zero-order valence-electron chi connectivity index (χ0n) is 13.5. The van der Waals surface area contributed by atoms with Gasteiger partial charge in [0.25, 0.3) is 5.56 Å². The zero-order valence-corrected chi connectivity index (χ0v) is 15.1. The van der Waals surface area contributed by atoms with Crippen LogP contribution in [0.3, 0.4) is 0 Å². The summed E-state index contributed by atoms with van der Waals surface area (Å²) in [5.41, 5.74) is 1.41. The summed E-state index contributed by atoms with van der Waals surface area (Å²) in [6, 6.07) is 0. The van der Waals surface area contributed by atoms with Crippen LogP contribution < -0.4 is 10.5 Å². The van der Waals surface area contributed by atoms with Crippen molar-refractivity contribution in [2.24, 2.45) is 0 Å². The lowest BCUT2D eigenvalue weighted by molar-refractivity contribution is -0.921. The Bertz CT molecular complexity index is 966. The van der Waals surface area contributed by atoms with E-state index in [0.29, 0.717) is 0 Å². The summed E-state index contributed by atoms with van der Waals surface area (Å²) in [7, 11) is 0. The molecular weight excluding hydrogens is 342 g/mol. The van der Waals surface area contributed by atoms with Crippen LogP contribution in [0.4, 0.5) is 0 Å². The van der Waals surface area contributed by atoms with E-state index < -0.39 is 0 Å².